The van der Waals surface area contributed by atoms with Crippen molar-refractivity contribution < 1.29 is 4.79 Å². The number of thiophene rings is 1. The molecule has 4 heteroatoms. The van der Waals surface area contributed by atoms with E-state index in [0.29, 0.717) is 5.88 Å². The van der Waals surface area contributed by atoms with Crippen molar-refractivity contribution in [2.75, 3.05) is 5.88 Å². The average molecular weight is 322 g/mol. The Hall–Kier alpha value is -1.06. The van der Waals surface area contributed by atoms with Gasteiger partial charge in [0, 0.05) is 21.3 Å². The number of hydrogen-bond acceptors (Lipinski definition) is 2. The molecule has 112 valence electrons. The summed E-state index contributed by atoms with van der Waals surface area (Å²) in [5.41, 5.74) is 0.549. The predicted octanol–water partition coefficient (Wildman–Crippen LogP) is 4.82. The van der Waals surface area contributed by atoms with Crippen molar-refractivity contribution in [1.29, 1.82) is 0 Å². The highest BCUT2D eigenvalue weighted by Crippen LogP contribution is 2.34. The fourth-order valence-corrected chi connectivity index (χ4v) is 4.34. The zero-order valence-corrected chi connectivity index (χ0v) is 13.8. The van der Waals surface area contributed by atoms with E-state index in [4.69, 9.17) is 11.6 Å². The van der Waals surface area contributed by atoms with Gasteiger partial charge in [-0.15, -0.1) is 22.9 Å². The SMILES string of the molecule is CC1CCC(CCl)(NC(=O)c2csc3ccccc23)CC1. The second-order valence-corrected chi connectivity index (χ2v) is 7.37. The van der Waals surface area contributed by atoms with E-state index < -0.39 is 0 Å². The highest BCUT2D eigenvalue weighted by atomic mass is 35.5. The zero-order valence-electron chi connectivity index (χ0n) is 12.2. The minimum Gasteiger partial charge on any atom is -0.345 e. The summed E-state index contributed by atoms with van der Waals surface area (Å²) in [6, 6.07) is 8.04. The third kappa shape index (κ3) is 2.95. The van der Waals surface area contributed by atoms with Crippen LogP contribution in [0.15, 0.2) is 29.6 Å². The summed E-state index contributed by atoms with van der Waals surface area (Å²) < 4.78 is 1.15. The first kappa shape index (κ1) is 14.9. The Balaban J connectivity index is 1.82. The molecule has 1 aromatic heterocycles. The molecule has 2 aromatic rings. The minimum atomic E-state index is -0.228. The van der Waals surface area contributed by atoms with Gasteiger partial charge in [0.1, 0.15) is 0 Å². The maximum Gasteiger partial charge on any atom is 0.253 e. The van der Waals surface area contributed by atoms with Gasteiger partial charge in [-0.05, 0) is 37.7 Å². The molecule has 0 spiro atoms. The molecule has 0 saturated heterocycles. The second-order valence-electron chi connectivity index (χ2n) is 6.20. The van der Waals surface area contributed by atoms with Crippen molar-refractivity contribution in [2.24, 2.45) is 5.92 Å². The van der Waals surface area contributed by atoms with E-state index in [2.05, 4.69) is 18.3 Å². The number of hydrogen-bond donors (Lipinski definition) is 1. The van der Waals surface area contributed by atoms with Gasteiger partial charge in [-0.2, -0.15) is 0 Å². The zero-order chi connectivity index (χ0) is 14.9. The van der Waals surface area contributed by atoms with Gasteiger partial charge in [0.25, 0.3) is 5.91 Å². The summed E-state index contributed by atoms with van der Waals surface area (Å²) in [6.45, 7) is 2.27. The van der Waals surface area contributed by atoms with E-state index in [1.165, 1.54) is 0 Å². The topological polar surface area (TPSA) is 29.1 Å². The van der Waals surface area contributed by atoms with Crippen molar-refractivity contribution in [3.8, 4) is 0 Å². The van der Waals surface area contributed by atoms with Crippen molar-refractivity contribution in [3.05, 3.63) is 35.2 Å². The molecule has 2 nitrogen and oxygen atoms in total. The maximum atomic E-state index is 12.7. The first-order valence-corrected chi connectivity index (χ1v) is 8.90. The van der Waals surface area contributed by atoms with E-state index >= 15 is 0 Å². The lowest BCUT2D eigenvalue weighted by atomic mass is 9.78. The van der Waals surface area contributed by atoms with Crippen LogP contribution in [0, 0.1) is 5.92 Å². The van der Waals surface area contributed by atoms with Gasteiger partial charge in [0.05, 0.1) is 11.1 Å². The number of amides is 1. The van der Waals surface area contributed by atoms with Crippen LogP contribution in [0.3, 0.4) is 0 Å². The molecular weight excluding hydrogens is 302 g/mol. The lowest BCUT2D eigenvalue weighted by molar-refractivity contribution is 0.0874. The molecule has 1 aromatic carbocycles. The largest absolute Gasteiger partial charge is 0.345 e. The van der Waals surface area contributed by atoms with Crippen LogP contribution in [0.5, 0.6) is 0 Å². The Morgan fingerprint density at radius 2 is 2.10 bits per heavy atom. The van der Waals surface area contributed by atoms with Gasteiger partial charge in [-0.1, -0.05) is 25.1 Å². The van der Waals surface area contributed by atoms with Gasteiger partial charge in [0.15, 0.2) is 0 Å². The summed E-state index contributed by atoms with van der Waals surface area (Å²) in [7, 11) is 0. The number of halogens is 1. The molecule has 1 heterocycles. The molecule has 1 fully saturated rings. The third-order valence-corrected chi connectivity index (χ3v) is 6.07. The van der Waals surface area contributed by atoms with Gasteiger partial charge in [0.2, 0.25) is 0 Å². The molecule has 1 saturated carbocycles. The summed E-state index contributed by atoms with van der Waals surface area (Å²) in [6.07, 6.45) is 4.23. The van der Waals surface area contributed by atoms with Gasteiger partial charge in [-0.3, -0.25) is 4.79 Å². The molecule has 0 unspecified atom stereocenters. The maximum absolute atomic E-state index is 12.7. The number of alkyl halides is 1. The molecule has 21 heavy (non-hydrogen) atoms. The minimum absolute atomic E-state index is 0.0163. The van der Waals surface area contributed by atoms with Crippen LogP contribution < -0.4 is 5.32 Å². The molecule has 0 aliphatic heterocycles. The molecule has 1 N–H and O–H groups in total. The van der Waals surface area contributed by atoms with Crippen LogP contribution in [0.2, 0.25) is 0 Å². The summed E-state index contributed by atoms with van der Waals surface area (Å²) >= 11 is 7.81. The number of benzene rings is 1. The standard InChI is InChI=1S/C17H20ClNOS/c1-12-6-8-17(11-18,9-7-12)19-16(20)14-10-21-15-5-3-2-4-13(14)15/h2-5,10,12H,6-9,11H2,1H3,(H,19,20). The Bertz CT molecular complexity index is 643. The molecule has 1 aliphatic rings. The lowest BCUT2D eigenvalue weighted by Gasteiger charge is -2.38. The second kappa shape index (κ2) is 5.98. The molecule has 0 bridgehead atoms. The summed E-state index contributed by atoms with van der Waals surface area (Å²) in [5.74, 6) is 1.25. The normalized spacial score (nSPS) is 25.9. The predicted molar refractivity (Wildman–Crippen MR) is 90.4 cm³/mol. The number of fused-ring (bicyclic) bond motifs is 1. The average Bonchev–Trinajstić information content (AvgIpc) is 2.94. The molecule has 1 amide bonds. The number of carbonyl (C=O) groups is 1. The van der Waals surface area contributed by atoms with Crippen LogP contribution in [0.1, 0.15) is 43.0 Å². The summed E-state index contributed by atoms with van der Waals surface area (Å²) in [5, 5.41) is 6.22. The molecule has 0 radical (unpaired) electrons. The first-order valence-electron chi connectivity index (χ1n) is 7.48. The molecular formula is C17H20ClNOS. The van der Waals surface area contributed by atoms with Gasteiger partial charge < -0.3 is 5.32 Å². The van der Waals surface area contributed by atoms with E-state index in [0.717, 1.165) is 47.3 Å². The van der Waals surface area contributed by atoms with Crippen LogP contribution in [0.25, 0.3) is 10.1 Å². The Morgan fingerprint density at radius 1 is 1.38 bits per heavy atom. The van der Waals surface area contributed by atoms with Crippen molar-refractivity contribution in [1.82, 2.24) is 5.32 Å². The summed E-state index contributed by atoms with van der Waals surface area (Å²) in [4.78, 5) is 12.7. The lowest BCUT2D eigenvalue weighted by Crippen LogP contribution is -2.52. The first-order chi connectivity index (χ1) is 10.1. The number of rotatable bonds is 3. The number of nitrogens with one attached hydrogen (secondary N) is 1. The van der Waals surface area contributed by atoms with Crippen molar-refractivity contribution >= 4 is 38.9 Å². The van der Waals surface area contributed by atoms with E-state index in [1.54, 1.807) is 11.3 Å². The molecule has 3 rings (SSSR count). The smallest absolute Gasteiger partial charge is 0.253 e. The quantitative estimate of drug-likeness (QED) is 0.807. The third-order valence-electron chi connectivity index (χ3n) is 4.59. The van der Waals surface area contributed by atoms with Gasteiger partial charge in [-0.25, -0.2) is 0 Å². The van der Waals surface area contributed by atoms with Crippen molar-refractivity contribution in [3.63, 3.8) is 0 Å². The molecule has 0 atom stereocenters. The van der Waals surface area contributed by atoms with E-state index in [1.807, 2.05) is 23.6 Å². The monoisotopic (exact) mass is 321 g/mol. The Morgan fingerprint density at radius 3 is 2.81 bits per heavy atom. The number of carbonyl (C=O) groups excluding carboxylic acids is 1. The van der Waals surface area contributed by atoms with Crippen LogP contribution in [-0.4, -0.2) is 17.3 Å². The highest BCUT2D eigenvalue weighted by molar-refractivity contribution is 7.17. The van der Waals surface area contributed by atoms with Crippen LogP contribution in [-0.2, 0) is 0 Å². The fourth-order valence-electron chi connectivity index (χ4n) is 3.07. The highest BCUT2D eigenvalue weighted by Gasteiger charge is 2.35. The van der Waals surface area contributed by atoms with Crippen LogP contribution in [0.4, 0.5) is 0 Å². The van der Waals surface area contributed by atoms with E-state index in [-0.39, 0.29) is 11.4 Å². The van der Waals surface area contributed by atoms with E-state index in [9.17, 15) is 4.79 Å². The van der Waals surface area contributed by atoms with Gasteiger partial charge >= 0.3 is 0 Å². The Kier molecular flexibility index (Phi) is 4.23. The van der Waals surface area contributed by atoms with Crippen molar-refractivity contribution in [2.45, 2.75) is 38.1 Å². The molecule has 1 aliphatic carbocycles. The Labute approximate surface area is 134 Å². The fraction of sp³-hybridized carbons (Fsp3) is 0.471. The van der Waals surface area contributed by atoms with Crippen LogP contribution >= 0.6 is 22.9 Å².